The molecule has 0 saturated carbocycles. The lowest BCUT2D eigenvalue weighted by Crippen LogP contribution is -2.19. The van der Waals surface area contributed by atoms with Crippen molar-refractivity contribution in [1.29, 1.82) is 0 Å². The number of amides is 1. The molecular weight excluding hydrogens is 220 g/mol. The number of hydrogen-bond acceptors (Lipinski definition) is 3. The fraction of sp³-hybridized carbons (Fsp3) is 0.0833. The van der Waals surface area contributed by atoms with Crippen molar-refractivity contribution in [3.63, 3.8) is 0 Å². The average Bonchev–Trinajstić information content (AvgIpc) is 2.89. The van der Waals surface area contributed by atoms with Gasteiger partial charge in [-0.1, -0.05) is 12.1 Å². The maximum atomic E-state index is 11.4. The Morgan fingerprint density at radius 3 is 2.94 bits per heavy atom. The predicted molar refractivity (Wildman–Crippen MR) is 65.3 cm³/mol. The number of carbonyl (C=O) groups excluding carboxylic acids is 1. The minimum Gasteiger partial charge on any atom is -0.324 e. The Hall–Kier alpha value is -1.65. The van der Waals surface area contributed by atoms with Gasteiger partial charge in [-0.3, -0.25) is 4.79 Å². The number of carbonyl (C=O) groups is 1. The number of anilines is 1. The third-order valence-corrected chi connectivity index (χ3v) is 3.65. The summed E-state index contributed by atoms with van der Waals surface area (Å²) >= 11 is 1.68. The molecule has 80 valence electrons. The third kappa shape index (κ3) is 1.35. The molecule has 0 saturated heterocycles. The van der Waals surface area contributed by atoms with Gasteiger partial charge in [-0.05, 0) is 29.1 Å². The Morgan fingerprint density at radius 1 is 1.31 bits per heavy atom. The van der Waals surface area contributed by atoms with Crippen LogP contribution in [-0.4, -0.2) is 5.91 Å². The van der Waals surface area contributed by atoms with Gasteiger partial charge in [-0.2, -0.15) is 0 Å². The maximum Gasteiger partial charge on any atom is 0.245 e. The Kier molecular flexibility index (Phi) is 2.05. The molecule has 1 atom stereocenters. The number of nitrogens with two attached hydrogens (primary N) is 1. The van der Waals surface area contributed by atoms with Crippen molar-refractivity contribution < 1.29 is 4.79 Å². The molecule has 0 bridgehead atoms. The van der Waals surface area contributed by atoms with E-state index in [4.69, 9.17) is 5.73 Å². The van der Waals surface area contributed by atoms with Gasteiger partial charge >= 0.3 is 0 Å². The first kappa shape index (κ1) is 9.57. The van der Waals surface area contributed by atoms with E-state index in [0.29, 0.717) is 0 Å². The van der Waals surface area contributed by atoms with Crippen LogP contribution in [0.3, 0.4) is 0 Å². The van der Waals surface area contributed by atoms with E-state index in [1.54, 1.807) is 11.3 Å². The van der Waals surface area contributed by atoms with Gasteiger partial charge in [0.05, 0.1) is 0 Å². The van der Waals surface area contributed by atoms with Crippen molar-refractivity contribution in [3.8, 4) is 10.4 Å². The summed E-state index contributed by atoms with van der Waals surface area (Å²) in [7, 11) is 0. The van der Waals surface area contributed by atoms with E-state index < -0.39 is 6.04 Å². The lowest BCUT2D eigenvalue weighted by molar-refractivity contribution is -0.116. The molecule has 1 aromatic heterocycles. The van der Waals surface area contributed by atoms with Gasteiger partial charge in [-0.15, -0.1) is 11.3 Å². The van der Waals surface area contributed by atoms with E-state index in [2.05, 4.69) is 11.4 Å². The SMILES string of the molecule is N[C@H]1C(=O)Nc2ccc(-c3cccs3)cc21. The summed E-state index contributed by atoms with van der Waals surface area (Å²) in [5.74, 6) is -0.127. The highest BCUT2D eigenvalue weighted by Gasteiger charge is 2.27. The van der Waals surface area contributed by atoms with E-state index in [9.17, 15) is 4.79 Å². The molecule has 0 unspecified atom stereocenters. The lowest BCUT2D eigenvalue weighted by Gasteiger charge is -2.04. The van der Waals surface area contributed by atoms with Gasteiger partial charge in [0.15, 0.2) is 0 Å². The topological polar surface area (TPSA) is 55.1 Å². The zero-order valence-electron chi connectivity index (χ0n) is 8.44. The van der Waals surface area contributed by atoms with Crippen LogP contribution in [-0.2, 0) is 4.79 Å². The summed E-state index contributed by atoms with van der Waals surface area (Å²) in [6.07, 6.45) is 0. The molecule has 0 fully saturated rings. The molecule has 4 heteroatoms. The van der Waals surface area contributed by atoms with E-state index in [-0.39, 0.29) is 5.91 Å². The molecule has 0 spiro atoms. The standard InChI is InChI=1S/C12H10N2OS/c13-11-8-6-7(10-2-1-5-16-10)3-4-9(8)14-12(11)15/h1-6,11H,13H2,(H,14,15)/t11-/m1/s1. The van der Waals surface area contributed by atoms with Crippen LogP contribution in [0.25, 0.3) is 10.4 Å². The molecule has 0 radical (unpaired) electrons. The highest BCUT2D eigenvalue weighted by molar-refractivity contribution is 7.13. The monoisotopic (exact) mass is 230 g/mol. The van der Waals surface area contributed by atoms with Gasteiger partial charge in [0.2, 0.25) is 5.91 Å². The first-order valence-electron chi connectivity index (χ1n) is 5.00. The van der Waals surface area contributed by atoms with Crippen LogP contribution in [0.2, 0.25) is 0 Å². The van der Waals surface area contributed by atoms with Crippen LogP contribution in [0.15, 0.2) is 35.7 Å². The van der Waals surface area contributed by atoms with Gasteiger partial charge in [-0.25, -0.2) is 0 Å². The second kappa shape index (κ2) is 3.43. The normalized spacial score (nSPS) is 18.3. The molecule has 1 aromatic carbocycles. The number of nitrogens with one attached hydrogen (secondary N) is 1. The van der Waals surface area contributed by atoms with E-state index >= 15 is 0 Å². The van der Waals surface area contributed by atoms with Crippen molar-refractivity contribution >= 4 is 22.9 Å². The molecule has 3 rings (SSSR count). The third-order valence-electron chi connectivity index (χ3n) is 2.73. The molecule has 1 aliphatic heterocycles. The quantitative estimate of drug-likeness (QED) is 0.790. The molecule has 3 N–H and O–H groups in total. The number of fused-ring (bicyclic) bond motifs is 1. The van der Waals surface area contributed by atoms with Crippen molar-refractivity contribution in [2.45, 2.75) is 6.04 Å². The predicted octanol–water partition coefficient (Wildman–Crippen LogP) is 2.37. The smallest absolute Gasteiger partial charge is 0.245 e. The Labute approximate surface area is 96.9 Å². The summed E-state index contributed by atoms with van der Waals surface area (Å²) in [6, 6.07) is 9.44. The van der Waals surface area contributed by atoms with Crippen LogP contribution in [0, 0.1) is 0 Å². The summed E-state index contributed by atoms with van der Waals surface area (Å²) in [5, 5.41) is 4.79. The van der Waals surface area contributed by atoms with Gasteiger partial charge in [0.25, 0.3) is 0 Å². The fourth-order valence-electron chi connectivity index (χ4n) is 1.88. The zero-order chi connectivity index (χ0) is 11.1. The minimum absolute atomic E-state index is 0.127. The number of benzene rings is 1. The van der Waals surface area contributed by atoms with E-state index in [0.717, 1.165) is 16.8 Å². The molecule has 1 aliphatic rings. The fourth-order valence-corrected chi connectivity index (χ4v) is 2.61. The molecule has 3 nitrogen and oxygen atoms in total. The molecule has 0 aliphatic carbocycles. The number of hydrogen-bond donors (Lipinski definition) is 2. The molecule has 2 heterocycles. The van der Waals surface area contributed by atoms with Crippen molar-refractivity contribution in [2.24, 2.45) is 5.73 Å². The van der Waals surface area contributed by atoms with E-state index in [1.165, 1.54) is 4.88 Å². The molecular formula is C12H10N2OS. The summed E-state index contributed by atoms with van der Waals surface area (Å²) in [6.45, 7) is 0. The average molecular weight is 230 g/mol. The first-order valence-corrected chi connectivity index (χ1v) is 5.88. The Balaban J connectivity index is 2.10. The van der Waals surface area contributed by atoms with Crippen LogP contribution < -0.4 is 11.1 Å². The van der Waals surface area contributed by atoms with Crippen LogP contribution >= 0.6 is 11.3 Å². The zero-order valence-corrected chi connectivity index (χ0v) is 9.25. The highest BCUT2D eigenvalue weighted by Crippen LogP contribution is 2.34. The number of thiophene rings is 1. The Morgan fingerprint density at radius 2 is 2.19 bits per heavy atom. The molecule has 1 amide bonds. The highest BCUT2D eigenvalue weighted by atomic mass is 32.1. The van der Waals surface area contributed by atoms with Gasteiger partial charge < -0.3 is 11.1 Å². The number of rotatable bonds is 1. The minimum atomic E-state index is -0.532. The largest absolute Gasteiger partial charge is 0.324 e. The van der Waals surface area contributed by atoms with Gasteiger partial charge in [0, 0.05) is 16.1 Å². The van der Waals surface area contributed by atoms with E-state index in [1.807, 2.05) is 29.6 Å². The maximum absolute atomic E-state index is 11.4. The molecule has 16 heavy (non-hydrogen) atoms. The van der Waals surface area contributed by atoms with Crippen LogP contribution in [0.1, 0.15) is 11.6 Å². The van der Waals surface area contributed by atoms with Crippen LogP contribution in [0.4, 0.5) is 5.69 Å². The van der Waals surface area contributed by atoms with Crippen molar-refractivity contribution in [2.75, 3.05) is 5.32 Å². The first-order chi connectivity index (χ1) is 7.75. The van der Waals surface area contributed by atoms with Gasteiger partial charge in [0.1, 0.15) is 6.04 Å². The second-order valence-electron chi connectivity index (χ2n) is 3.75. The Bertz CT molecular complexity index is 548. The molecule has 2 aromatic rings. The van der Waals surface area contributed by atoms with Crippen molar-refractivity contribution in [3.05, 3.63) is 41.3 Å². The summed E-state index contributed by atoms with van der Waals surface area (Å²) < 4.78 is 0. The van der Waals surface area contributed by atoms with Crippen molar-refractivity contribution in [1.82, 2.24) is 0 Å². The summed E-state index contributed by atoms with van der Waals surface area (Å²) in [5.41, 5.74) is 8.63. The summed E-state index contributed by atoms with van der Waals surface area (Å²) in [4.78, 5) is 12.6. The lowest BCUT2D eigenvalue weighted by atomic mass is 10.0. The second-order valence-corrected chi connectivity index (χ2v) is 4.69. The van der Waals surface area contributed by atoms with Crippen LogP contribution in [0.5, 0.6) is 0 Å².